The summed E-state index contributed by atoms with van der Waals surface area (Å²) in [7, 11) is 0. The standard InChI is InChI=1S/C59H108O6/c1-4-7-10-13-16-19-22-24-26-27-28-29-30-31-33-35-38-41-44-47-50-53-59(62)65-56(54-63-57(60)51-48-45-42-39-36-21-18-15-12-9-6-3)55-64-58(61)52-49-46-43-40-37-34-32-25-23-20-17-14-11-8-5-2/h8,11,17,20,25,32,56H,4-7,9-10,12-16,18-19,21-24,26-31,33-55H2,1-3H3/b11-8-,20-17-,32-25-/t56-/m0/s1. The molecule has 0 aromatic rings. The number of hydrogen-bond donors (Lipinski definition) is 0. The summed E-state index contributed by atoms with van der Waals surface area (Å²) in [6.45, 7) is 6.55. The SMILES string of the molecule is CC/C=C\C/C=C\C/C=C\CCCCCCCC(=O)OC[C@H](COC(=O)CCCCCCCCCCCCC)OC(=O)CCCCCCCCCCCCCCCCCCCCCCC. The molecule has 0 aromatic carbocycles. The van der Waals surface area contributed by atoms with E-state index in [9.17, 15) is 14.4 Å². The number of carbonyl (C=O) groups excluding carboxylic acids is 3. The Balaban J connectivity index is 4.28. The number of ether oxygens (including phenoxy) is 3. The second kappa shape index (κ2) is 54.2. The quantitative estimate of drug-likeness (QED) is 0.0262. The van der Waals surface area contributed by atoms with E-state index in [1.807, 2.05) is 0 Å². The zero-order valence-corrected chi connectivity index (χ0v) is 43.5. The van der Waals surface area contributed by atoms with Crippen LogP contribution in [0.1, 0.15) is 303 Å². The summed E-state index contributed by atoms with van der Waals surface area (Å²) in [6.07, 6.45) is 64.3. The van der Waals surface area contributed by atoms with Gasteiger partial charge in [0.05, 0.1) is 0 Å². The van der Waals surface area contributed by atoms with Crippen LogP contribution in [-0.4, -0.2) is 37.2 Å². The van der Waals surface area contributed by atoms with E-state index in [2.05, 4.69) is 57.2 Å². The first-order valence-electron chi connectivity index (χ1n) is 28.5. The van der Waals surface area contributed by atoms with Crippen LogP contribution in [-0.2, 0) is 28.6 Å². The lowest BCUT2D eigenvalue weighted by Crippen LogP contribution is -2.30. The van der Waals surface area contributed by atoms with E-state index < -0.39 is 6.10 Å². The first-order chi connectivity index (χ1) is 32.0. The molecule has 0 N–H and O–H groups in total. The predicted molar refractivity (Wildman–Crippen MR) is 279 cm³/mol. The molecule has 1 atom stereocenters. The van der Waals surface area contributed by atoms with Gasteiger partial charge in [-0.1, -0.05) is 269 Å². The third-order valence-corrected chi connectivity index (χ3v) is 12.7. The summed E-state index contributed by atoms with van der Waals surface area (Å²) >= 11 is 0. The van der Waals surface area contributed by atoms with Crippen LogP contribution in [0.25, 0.3) is 0 Å². The molecule has 0 saturated heterocycles. The third-order valence-electron chi connectivity index (χ3n) is 12.7. The second-order valence-corrected chi connectivity index (χ2v) is 19.2. The van der Waals surface area contributed by atoms with Gasteiger partial charge in [-0.3, -0.25) is 14.4 Å². The maximum absolute atomic E-state index is 12.8. The molecule has 0 rings (SSSR count). The van der Waals surface area contributed by atoms with Crippen LogP contribution in [0.3, 0.4) is 0 Å². The lowest BCUT2D eigenvalue weighted by molar-refractivity contribution is -0.167. The van der Waals surface area contributed by atoms with Gasteiger partial charge in [-0.25, -0.2) is 0 Å². The normalized spacial score (nSPS) is 12.2. The lowest BCUT2D eigenvalue weighted by Gasteiger charge is -2.18. The predicted octanol–water partition coefficient (Wildman–Crippen LogP) is 18.9. The number of esters is 3. The highest BCUT2D eigenvalue weighted by Crippen LogP contribution is 2.17. The first kappa shape index (κ1) is 62.6. The average molecular weight is 914 g/mol. The minimum Gasteiger partial charge on any atom is -0.462 e. The van der Waals surface area contributed by atoms with Crippen molar-refractivity contribution in [3.8, 4) is 0 Å². The Morgan fingerprint density at radius 3 is 0.938 bits per heavy atom. The Bertz CT molecular complexity index is 1090. The van der Waals surface area contributed by atoms with Gasteiger partial charge in [0.15, 0.2) is 6.10 Å². The smallest absolute Gasteiger partial charge is 0.306 e. The molecule has 0 aliphatic heterocycles. The summed E-state index contributed by atoms with van der Waals surface area (Å²) in [5.41, 5.74) is 0. The van der Waals surface area contributed by atoms with E-state index in [1.54, 1.807) is 0 Å². The van der Waals surface area contributed by atoms with Gasteiger partial charge in [0.1, 0.15) is 13.2 Å². The van der Waals surface area contributed by atoms with E-state index in [-0.39, 0.29) is 31.1 Å². The fraction of sp³-hybridized carbons (Fsp3) is 0.847. The Hall–Kier alpha value is -2.37. The van der Waals surface area contributed by atoms with Gasteiger partial charge in [-0.05, 0) is 51.4 Å². The van der Waals surface area contributed by atoms with Crippen LogP contribution in [0.2, 0.25) is 0 Å². The maximum atomic E-state index is 12.8. The summed E-state index contributed by atoms with van der Waals surface area (Å²) in [4.78, 5) is 38.1. The van der Waals surface area contributed by atoms with Gasteiger partial charge in [0, 0.05) is 19.3 Å². The van der Waals surface area contributed by atoms with Crippen LogP contribution in [0.4, 0.5) is 0 Å². The molecule has 0 radical (unpaired) electrons. The van der Waals surface area contributed by atoms with Crippen molar-refractivity contribution in [3.05, 3.63) is 36.5 Å². The van der Waals surface area contributed by atoms with Crippen molar-refractivity contribution in [2.75, 3.05) is 13.2 Å². The van der Waals surface area contributed by atoms with Gasteiger partial charge in [0.25, 0.3) is 0 Å². The molecule has 0 heterocycles. The third kappa shape index (κ3) is 52.5. The monoisotopic (exact) mass is 913 g/mol. The molecule has 6 heteroatoms. The Kier molecular flexibility index (Phi) is 52.3. The largest absolute Gasteiger partial charge is 0.462 e. The van der Waals surface area contributed by atoms with Crippen molar-refractivity contribution >= 4 is 17.9 Å². The van der Waals surface area contributed by atoms with Gasteiger partial charge in [-0.15, -0.1) is 0 Å². The summed E-state index contributed by atoms with van der Waals surface area (Å²) in [6, 6.07) is 0. The number of carbonyl (C=O) groups is 3. The number of rotatable bonds is 52. The molecular weight excluding hydrogens is 805 g/mol. The average Bonchev–Trinajstić information content (AvgIpc) is 3.30. The number of allylic oxidation sites excluding steroid dienone is 6. The highest BCUT2D eigenvalue weighted by molar-refractivity contribution is 5.71. The van der Waals surface area contributed by atoms with Crippen molar-refractivity contribution < 1.29 is 28.6 Å². The van der Waals surface area contributed by atoms with Crippen molar-refractivity contribution in [3.63, 3.8) is 0 Å². The molecule has 65 heavy (non-hydrogen) atoms. The Morgan fingerprint density at radius 2 is 0.600 bits per heavy atom. The summed E-state index contributed by atoms with van der Waals surface area (Å²) in [5.74, 6) is -0.874. The number of unbranched alkanes of at least 4 members (excludes halogenated alkanes) is 35. The second-order valence-electron chi connectivity index (χ2n) is 19.2. The molecule has 0 spiro atoms. The molecule has 6 nitrogen and oxygen atoms in total. The van der Waals surface area contributed by atoms with Gasteiger partial charge < -0.3 is 14.2 Å². The molecule has 0 saturated carbocycles. The first-order valence-corrected chi connectivity index (χ1v) is 28.5. The summed E-state index contributed by atoms with van der Waals surface area (Å²) < 4.78 is 16.8. The van der Waals surface area contributed by atoms with Crippen LogP contribution < -0.4 is 0 Å². The Morgan fingerprint density at radius 1 is 0.323 bits per heavy atom. The molecule has 0 fully saturated rings. The number of hydrogen-bond acceptors (Lipinski definition) is 6. The molecule has 0 aliphatic rings. The molecule has 0 unspecified atom stereocenters. The van der Waals surface area contributed by atoms with E-state index in [0.29, 0.717) is 19.3 Å². The van der Waals surface area contributed by atoms with Crippen molar-refractivity contribution in [1.82, 2.24) is 0 Å². The minimum atomic E-state index is -0.774. The molecule has 0 bridgehead atoms. The van der Waals surface area contributed by atoms with Crippen LogP contribution in [0.15, 0.2) is 36.5 Å². The van der Waals surface area contributed by atoms with Crippen molar-refractivity contribution in [2.45, 2.75) is 309 Å². The summed E-state index contributed by atoms with van der Waals surface area (Å²) in [5, 5.41) is 0. The van der Waals surface area contributed by atoms with E-state index in [0.717, 1.165) is 96.3 Å². The molecule has 0 aliphatic carbocycles. The van der Waals surface area contributed by atoms with Crippen LogP contribution in [0.5, 0.6) is 0 Å². The Labute approximate surface area is 404 Å². The zero-order chi connectivity index (χ0) is 47.2. The van der Waals surface area contributed by atoms with E-state index >= 15 is 0 Å². The van der Waals surface area contributed by atoms with Gasteiger partial charge in [-0.2, -0.15) is 0 Å². The van der Waals surface area contributed by atoms with Crippen molar-refractivity contribution in [2.24, 2.45) is 0 Å². The zero-order valence-electron chi connectivity index (χ0n) is 43.5. The highest BCUT2D eigenvalue weighted by atomic mass is 16.6. The van der Waals surface area contributed by atoms with Crippen molar-refractivity contribution in [1.29, 1.82) is 0 Å². The molecule has 380 valence electrons. The fourth-order valence-corrected chi connectivity index (χ4v) is 8.40. The lowest BCUT2D eigenvalue weighted by atomic mass is 10.0. The molecule has 0 aromatic heterocycles. The minimum absolute atomic E-state index is 0.0732. The molecule has 0 amide bonds. The maximum Gasteiger partial charge on any atom is 0.306 e. The topological polar surface area (TPSA) is 78.9 Å². The highest BCUT2D eigenvalue weighted by Gasteiger charge is 2.19. The van der Waals surface area contributed by atoms with E-state index in [4.69, 9.17) is 14.2 Å². The molecular formula is C59H108O6. The van der Waals surface area contributed by atoms with Crippen LogP contribution >= 0.6 is 0 Å². The van der Waals surface area contributed by atoms with E-state index in [1.165, 1.54) is 167 Å². The van der Waals surface area contributed by atoms with Gasteiger partial charge >= 0.3 is 17.9 Å². The van der Waals surface area contributed by atoms with Gasteiger partial charge in [0.2, 0.25) is 0 Å². The van der Waals surface area contributed by atoms with Crippen LogP contribution in [0, 0.1) is 0 Å². The fourth-order valence-electron chi connectivity index (χ4n) is 8.40.